The van der Waals surface area contributed by atoms with Gasteiger partial charge in [0.1, 0.15) is 39.5 Å². The molecule has 0 rings (SSSR count). The molecule has 0 amide bonds. The molecule has 27 heteroatoms. The third kappa shape index (κ3) is 3180. The van der Waals surface area contributed by atoms with Crippen molar-refractivity contribution < 1.29 is 163 Å². The average molecular weight is 592 g/mol. The maximum atomic E-state index is 10.1. The average Bonchev–Trinajstić information content (AvgIpc) is 1.79. The second kappa shape index (κ2) is 22.8. The van der Waals surface area contributed by atoms with Crippen LogP contribution in [0, 0.1) is 7.43 Å². The molecule has 15 nitrogen and oxygen atoms in total. The van der Waals surface area contributed by atoms with Crippen molar-refractivity contribution in [1.29, 1.82) is 0 Å². The van der Waals surface area contributed by atoms with Gasteiger partial charge in [0.15, 0.2) is 0 Å². The molecule has 160 valence electrons. The Kier molecular flexibility index (Phi) is 42.8. The van der Waals surface area contributed by atoms with E-state index in [1.54, 1.807) is 0 Å². The van der Waals surface area contributed by atoms with Gasteiger partial charge in [-0.25, -0.2) is 21.0 Å². The quantitative estimate of drug-likeness (QED) is 0.143. The Hall–Kier alpha value is 2.62. The minimum absolute atomic E-state index is 0. The van der Waals surface area contributed by atoms with E-state index in [0.29, 0.717) is 0 Å². The van der Waals surface area contributed by atoms with Crippen LogP contribution in [0.15, 0.2) is 0 Å². The molecule has 0 radical (unpaired) electrons. The second-order valence-electron chi connectivity index (χ2n) is 2.15. The molecule has 0 aliphatic heterocycles. The topological polar surface area (TPSA) is 316 Å². The molecule has 0 unspecified atom stereocenters. The number of hydrogen-bond donors (Lipinski definition) is 0. The fourth-order valence-corrected chi connectivity index (χ4v) is 0. The van der Waals surface area contributed by atoms with Crippen LogP contribution in [0.25, 0.3) is 0 Å². The summed E-state index contributed by atoms with van der Waals surface area (Å²) < 4.78 is 92.8. The molecule has 0 aromatic heterocycles. The predicted octanol–water partition coefficient (Wildman–Crippen LogP) is -8.99. The van der Waals surface area contributed by atoms with Gasteiger partial charge in [-0.2, -0.15) is 0 Å². The summed E-state index contributed by atoms with van der Waals surface area (Å²) in [6.07, 6.45) is 0. The molecule has 0 aromatic rings. The maximum absolute atomic E-state index is 10.1. The van der Waals surface area contributed by atoms with E-state index in [0.717, 1.165) is 0 Å². The Balaban J connectivity index is -0.0000000290. The van der Waals surface area contributed by atoms with E-state index in [-0.39, 0.29) is 77.4 Å². The third-order valence-electron chi connectivity index (χ3n) is 0. The van der Waals surface area contributed by atoms with Crippen LogP contribution < -0.4 is 100 Å². The molecule has 0 saturated carbocycles. The fraction of sp³-hybridized carbons (Fsp3) is 0. The first kappa shape index (κ1) is 52.5. The molecule has 0 aliphatic carbocycles. The maximum Gasteiger partial charge on any atom is 5.00 e. The Morgan fingerprint density at radius 2 is 0.393 bits per heavy atom. The zero-order chi connectivity index (χ0) is 22.5. The summed E-state index contributed by atoms with van der Waals surface area (Å²) in [5.74, 6) is 0. The van der Waals surface area contributed by atoms with E-state index >= 15 is 0 Å². The Labute approximate surface area is 207 Å². The van der Waals surface area contributed by atoms with Crippen LogP contribution in [0.2, 0.25) is 0 Å². The van der Waals surface area contributed by atoms with Crippen LogP contribution >= 0.6 is 39.5 Å². The van der Waals surface area contributed by atoms with Crippen molar-refractivity contribution in [2.75, 3.05) is 0 Å². The number of rotatable bonds is 0. The smallest absolute Gasteiger partial charge is 0.786 e. The van der Waals surface area contributed by atoms with Gasteiger partial charge in [0.05, 0.1) is 0 Å². The van der Waals surface area contributed by atoms with Gasteiger partial charge in [-0.3, -0.25) is 0 Å². The van der Waals surface area contributed by atoms with E-state index in [1.807, 2.05) is 0 Å². The molecule has 28 heavy (non-hydrogen) atoms. The van der Waals surface area contributed by atoms with Crippen molar-refractivity contribution in [3.63, 3.8) is 0 Å². The van der Waals surface area contributed by atoms with Crippen LogP contribution in [-0.2, 0) is 41.4 Å². The van der Waals surface area contributed by atoms with Gasteiger partial charge in [0, 0.05) is 0 Å². The van der Waals surface area contributed by atoms with E-state index in [9.17, 15) is 21.0 Å². The van der Waals surface area contributed by atoms with Crippen molar-refractivity contribution in [2.45, 2.75) is 0 Å². The van der Waals surface area contributed by atoms with E-state index in [4.69, 9.17) is 71.8 Å². The van der Waals surface area contributed by atoms with Crippen LogP contribution in [-0.4, -0.2) is 0 Å². The molecule has 0 aliphatic rings. The predicted molar refractivity (Wildman–Crippen MR) is 46.8 cm³/mol. The van der Waals surface area contributed by atoms with Crippen LogP contribution in [0.5, 0.6) is 0 Å². The van der Waals surface area contributed by atoms with E-state index < -0.39 is 39.5 Å². The Morgan fingerprint density at radius 3 is 0.393 bits per heavy atom. The number of halogens is 5. The summed E-state index contributed by atoms with van der Waals surface area (Å²) in [5, 5.41) is 0. The zero-order valence-corrected chi connectivity index (χ0v) is 21.2. The number of hydrogen-bond acceptors (Lipinski definition) is 15. The Bertz CT molecular complexity index is 400. The molecule has 0 N–H and O–H groups in total. The normalized spacial score (nSPS) is 10.5. The van der Waals surface area contributed by atoms with E-state index in [2.05, 4.69) is 0 Å². The second-order valence-corrected chi connectivity index (χ2v) is 6.46. The largest absolute Gasteiger partial charge is 5.00 e. The van der Waals surface area contributed by atoms with Gasteiger partial charge < -0.3 is 71.8 Å². The zero-order valence-electron chi connectivity index (χ0n) is 12.2. The molecule has 0 aromatic carbocycles. The summed E-state index contributed by atoms with van der Waals surface area (Å²) >= 11 is 0. The van der Waals surface area contributed by atoms with Gasteiger partial charge in [-0.05, 0) is 0 Å². The van der Waals surface area contributed by atoms with Crippen molar-refractivity contribution in [1.82, 2.24) is 0 Å². The van der Waals surface area contributed by atoms with Crippen molar-refractivity contribution in [3.8, 4) is 0 Å². The summed E-state index contributed by atoms with van der Waals surface area (Å²) in [5.41, 5.74) is 0. The first-order chi connectivity index (χ1) is 10.0. The van der Waals surface area contributed by atoms with Gasteiger partial charge in [-0.15, -0.1) is 0 Å². The van der Waals surface area contributed by atoms with Gasteiger partial charge in [-0.1, -0.05) is 0 Å². The first-order valence-electron chi connectivity index (χ1n) is 3.58. The standard InChI is InChI=1S/C.5FH2O3P.K.V/c;5*1-5(2,3)4;;/h;5*(H2,2,3,4);;/q+4;;;;;;+1;+5/p-10. The SMILES string of the molecule is O=P([O-])([O-])F.O=P([O-])([O-])F.O=P([O-])([O-])F.O=P([O-])([O-])F.O=P([O-])([O-])F.[C+4].[K+].[V+5]. The van der Waals surface area contributed by atoms with Crippen LogP contribution in [0.1, 0.15) is 0 Å². The van der Waals surface area contributed by atoms with Crippen molar-refractivity contribution >= 4 is 39.5 Å². The molecule has 0 heterocycles. The fourth-order valence-electron chi connectivity index (χ4n) is 0. The summed E-state index contributed by atoms with van der Waals surface area (Å²) in [6, 6.07) is 0. The molecular weight excluding hydrogens is 592 g/mol. The third-order valence-corrected chi connectivity index (χ3v) is 0. The summed E-state index contributed by atoms with van der Waals surface area (Å²) in [7, 11) is -28.2. The molecule has 0 spiro atoms. The van der Waals surface area contributed by atoms with Gasteiger partial charge >= 0.3 is 77.4 Å². The molecule has 0 atom stereocenters. The summed E-state index contributed by atoms with van der Waals surface area (Å²) in [6.45, 7) is 0. The molecule has 0 saturated heterocycles. The van der Waals surface area contributed by atoms with Gasteiger partial charge in [0.25, 0.3) is 0 Å². The van der Waals surface area contributed by atoms with Crippen LogP contribution in [0.3, 0.4) is 0 Å². The van der Waals surface area contributed by atoms with Crippen molar-refractivity contribution in [3.05, 3.63) is 7.43 Å². The van der Waals surface area contributed by atoms with Crippen LogP contribution in [0.4, 0.5) is 21.0 Å². The molecule has 0 bridgehead atoms. The van der Waals surface area contributed by atoms with E-state index in [1.165, 1.54) is 0 Å². The van der Waals surface area contributed by atoms with Crippen molar-refractivity contribution in [2.24, 2.45) is 0 Å². The Morgan fingerprint density at radius 1 is 0.393 bits per heavy atom. The minimum atomic E-state index is -5.64. The molecule has 0 fully saturated rings. The summed E-state index contributed by atoms with van der Waals surface area (Å²) in [4.78, 5) is 84.4. The monoisotopic (exact) mass is 592 g/mol. The first-order valence-corrected chi connectivity index (χ1v) is 10.8. The molecular formula is CF5KO15P5V. The van der Waals surface area contributed by atoms with Gasteiger partial charge in [0.2, 0.25) is 0 Å². The minimum Gasteiger partial charge on any atom is -0.786 e.